The topological polar surface area (TPSA) is 40.5 Å². The monoisotopic (exact) mass is 350 g/mol. The lowest BCUT2D eigenvalue weighted by Crippen LogP contribution is -2.16. The lowest BCUT2D eigenvalue weighted by Gasteiger charge is -2.27. The van der Waals surface area contributed by atoms with E-state index in [0.29, 0.717) is 11.5 Å². The highest BCUT2D eigenvalue weighted by molar-refractivity contribution is 5.59. The maximum atomic E-state index is 10.6. The first-order valence-corrected chi connectivity index (χ1v) is 10.3. The van der Waals surface area contributed by atoms with Crippen LogP contribution in [0.3, 0.4) is 0 Å². The molecule has 0 aliphatic rings. The standard InChI is InChI=1S/C21H36O2.C2H6/c1-7-8-9-10-11-12-13-14-17-18(21(4,5)6)20(23)16(3)15(2)19(17)22;1-2/h22-23H,7-14H2,1-6H3;1-2H3. The van der Waals surface area contributed by atoms with E-state index in [1.807, 2.05) is 27.7 Å². The fraction of sp³-hybridized carbons (Fsp3) is 0.739. The number of benzene rings is 1. The van der Waals surface area contributed by atoms with Crippen LogP contribution in [0.25, 0.3) is 0 Å². The van der Waals surface area contributed by atoms with Crippen molar-refractivity contribution >= 4 is 0 Å². The number of unbranched alkanes of at least 4 members (excludes halogenated alkanes) is 6. The summed E-state index contributed by atoms with van der Waals surface area (Å²) in [6.45, 7) is 16.3. The molecule has 25 heavy (non-hydrogen) atoms. The highest BCUT2D eigenvalue weighted by Gasteiger charge is 2.27. The summed E-state index contributed by atoms with van der Waals surface area (Å²) in [4.78, 5) is 0. The maximum Gasteiger partial charge on any atom is 0.123 e. The second-order valence-electron chi connectivity index (χ2n) is 7.92. The van der Waals surface area contributed by atoms with E-state index in [4.69, 9.17) is 0 Å². The smallest absolute Gasteiger partial charge is 0.123 e. The first-order valence-electron chi connectivity index (χ1n) is 10.3. The van der Waals surface area contributed by atoms with Gasteiger partial charge >= 0.3 is 0 Å². The number of rotatable bonds is 8. The Kier molecular flexibility index (Phi) is 10.9. The lowest BCUT2D eigenvalue weighted by atomic mass is 9.79. The summed E-state index contributed by atoms with van der Waals surface area (Å²) in [6, 6.07) is 0. The third kappa shape index (κ3) is 6.92. The molecule has 0 spiro atoms. The minimum Gasteiger partial charge on any atom is -0.507 e. The molecule has 0 fully saturated rings. The van der Waals surface area contributed by atoms with E-state index in [2.05, 4.69) is 27.7 Å². The van der Waals surface area contributed by atoms with Crippen molar-refractivity contribution in [1.82, 2.24) is 0 Å². The number of aromatic hydroxyl groups is 2. The van der Waals surface area contributed by atoms with Crippen LogP contribution in [0.2, 0.25) is 0 Å². The van der Waals surface area contributed by atoms with Crippen LogP contribution in [0, 0.1) is 13.8 Å². The molecule has 0 bridgehead atoms. The van der Waals surface area contributed by atoms with Crippen LogP contribution in [-0.4, -0.2) is 10.2 Å². The average molecular weight is 351 g/mol. The molecular formula is C23H42O2. The number of phenols is 2. The molecule has 0 aliphatic carbocycles. The zero-order chi connectivity index (χ0) is 19.6. The SMILES string of the molecule is CC.CCCCCCCCCc1c(O)c(C)c(C)c(O)c1C(C)(C)C. The number of phenolic OH excluding ortho intramolecular Hbond substituents is 2. The van der Waals surface area contributed by atoms with Crippen LogP contribution >= 0.6 is 0 Å². The quantitative estimate of drug-likeness (QED) is 0.380. The summed E-state index contributed by atoms with van der Waals surface area (Å²) in [5.74, 6) is 0.752. The van der Waals surface area contributed by atoms with E-state index < -0.39 is 0 Å². The Bertz CT molecular complexity index is 510. The van der Waals surface area contributed by atoms with Gasteiger partial charge in [-0.3, -0.25) is 0 Å². The Morgan fingerprint density at radius 3 is 1.64 bits per heavy atom. The first-order chi connectivity index (χ1) is 11.7. The molecule has 2 nitrogen and oxygen atoms in total. The van der Waals surface area contributed by atoms with E-state index >= 15 is 0 Å². The average Bonchev–Trinajstić information content (AvgIpc) is 2.57. The molecule has 0 amide bonds. The molecule has 0 aromatic heterocycles. The van der Waals surface area contributed by atoms with Crippen LogP contribution in [0.15, 0.2) is 0 Å². The van der Waals surface area contributed by atoms with Gasteiger partial charge in [0.15, 0.2) is 0 Å². The Hall–Kier alpha value is -1.18. The Labute approximate surface area is 156 Å². The van der Waals surface area contributed by atoms with Crippen molar-refractivity contribution in [2.24, 2.45) is 0 Å². The normalized spacial score (nSPS) is 11.2. The molecule has 2 N–H and O–H groups in total. The summed E-state index contributed by atoms with van der Waals surface area (Å²) in [5, 5.41) is 21.2. The zero-order valence-corrected chi connectivity index (χ0v) is 18.1. The van der Waals surface area contributed by atoms with Gasteiger partial charge in [-0.25, -0.2) is 0 Å². The van der Waals surface area contributed by atoms with E-state index in [9.17, 15) is 10.2 Å². The van der Waals surface area contributed by atoms with Gasteiger partial charge in [-0.2, -0.15) is 0 Å². The van der Waals surface area contributed by atoms with Crippen LogP contribution in [0.5, 0.6) is 11.5 Å². The largest absolute Gasteiger partial charge is 0.507 e. The van der Waals surface area contributed by atoms with Crippen LogP contribution < -0.4 is 0 Å². The minimum absolute atomic E-state index is 0.170. The molecule has 2 heteroatoms. The van der Waals surface area contributed by atoms with Crippen molar-refractivity contribution in [2.45, 2.75) is 112 Å². The molecule has 0 heterocycles. The summed E-state index contributed by atoms with van der Waals surface area (Å²) >= 11 is 0. The number of hydrogen-bond donors (Lipinski definition) is 2. The van der Waals surface area contributed by atoms with Gasteiger partial charge in [0.2, 0.25) is 0 Å². The predicted molar refractivity (Wildman–Crippen MR) is 111 cm³/mol. The Morgan fingerprint density at radius 1 is 0.720 bits per heavy atom. The second kappa shape index (κ2) is 11.4. The van der Waals surface area contributed by atoms with Gasteiger partial charge in [-0.1, -0.05) is 80.1 Å². The summed E-state index contributed by atoms with van der Waals surface area (Å²) in [7, 11) is 0. The number of hydrogen-bond acceptors (Lipinski definition) is 2. The predicted octanol–water partition coefficient (Wildman–Crippen LogP) is 7.33. The van der Waals surface area contributed by atoms with Crippen molar-refractivity contribution in [3.05, 3.63) is 22.3 Å². The van der Waals surface area contributed by atoms with E-state index in [1.165, 1.54) is 38.5 Å². The molecule has 0 aliphatic heterocycles. The summed E-state index contributed by atoms with van der Waals surface area (Å²) in [6.07, 6.45) is 9.64. The van der Waals surface area contributed by atoms with E-state index in [1.54, 1.807) is 0 Å². The lowest BCUT2D eigenvalue weighted by molar-refractivity contribution is 0.420. The molecular weight excluding hydrogens is 308 g/mol. The molecule has 1 aromatic rings. The van der Waals surface area contributed by atoms with Gasteiger partial charge in [0.1, 0.15) is 11.5 Å². The molecule has 1 aromatic carbocycles. The maximum absolute atomic E-state index is 10.6. The van der Waals surface area contributed by atoms with Crippen LogP contribution in [-0.2, 0) is 11.8 Å². The summed E-state index contributed by atoms with van der Waals surface area (Å²) in [5.41, 5.74) is 3.32. The molecule has 146 valence electrons. The molecule has 1 rings (SSSR count). The van der Waals surface area contributed by atoms with Gasteiger partial charge < -0.3 is 10.2 Å². The van der Waals surface area contributed by atoms with Crippen LogP contribution in [0.1, 0.15) is 109 Å². The molecule has 0 unspecified atom stereocenters. The first kappa shape index (κ1) is 23.8. The van der Waals surface area contributed by atoms with Crippen molar-refractivity contribution in [3.63, 3.8) is 0 Å². The van der Waals surface area contributed by atoms with E-state index in [0.717, 1.165) is 35.1 Å². The minimum atomic E-state index is -0.170. The van der Waals surface area contributed by atoms with Gasteiger partial charge in [-0.15, -0.1) is 0 Å². The third-order valence-corrected chi connectivity index (χ3v) is 4.88. The highest BCUT2D eigenvalue weighted by atomic mass is 16.3. The van der Waals surface area contributed by atoms with E-state index in [-0.39, 0.29) is 5.41 Å². The Morgan fingerprint density at radius 2 is 1.16 bits per heavy atom. The van der Waals surface area contributed by atoms with Crippen LogP contribution in [0.4, 0.5) is 0 Å². The van der Waals surface area contributed by atoms with Crippen molar-refractivity contribution in [1.29, 1.82) is 0 Å². The molecule has 0 radical (unpaired) electrons. The van der Waals surface area contributed by atoms with Gasteiger partial charge in [0, 0.05) is 11.1 Å². The fourth-order valence-electron chi connectivity index (χ4n) is 3.34. The zero-order valence-electron chi connectivity index (χ0n) is 18.1. The van der Waals surface area contributed by atoms with Crippen molar-refractivity contribution in [2.75, 3.05) is 0 Å². The Balaban J connectivity index is 0.00000277. The molecule has 0 saturated heterocycles. The second-order valence-corrected chi connectivity index (χ2v) is 7.92. The molecule has 0 atom stereocenters. The van der Waals surface area contributed by atoms with Gasteiger partial charge in [0.05, 0.1) is 0 Å². The highest BCUT2D eigenvalue weighted by Crippen LogP contribution is 2.43. The molecule has 0 saturated carbocycles. The van der Waals surface area contributed by atoms with Gasteiger partial charge in [0.25, 0.3) is 0 Å². The van der Waals surface area contributed by atoms with Crippen molar-refractivity contribution < 1.29 is 10.2 Å². The van der Waals surface area contributed by atoms with Crippen molar-refractivity contribution in [3.8, 4) is 11.5 Å². The summed E-state index contributed by atoms with van der Waals surface area (Å²) < 4.78 is 0. The van der Waals surface area contributed by atoms with Gasteiger partial charge in [-0.05, 0) is 43.2 Å². The third-order valence-electron chi connectivity index (χ3n) is 4.88. The fourth-order valence-corrected chi connectivity index (χ4v) is 3.34.